The van der Waals surface area contributed by atoms with Gasteiger partial charge in [-0.3, -0.25) is 9.59 Å². The van der Waals surface area contributed by atoms with Gasteiger partial charge in [-0.1, -0.05) is 30.3 Å². The fourth-order valence-electron chi connectivity index (χ4n) is 2.66. The highest BCUT2D eigenvalue weighted by molar-refractivity contribution is 6.01. The summed E-state index contributed by atoms with van der Waals surface area (Å²) in [5, 5.41) is 4.14. The normalized spacial score (nSPS) is 14.8. The average molecular weight is 321 g/mol. The zero-order valence-electron chi connectivity index (χ0n) is 13.5. The van der Waals surface area contributed by atoms with Gasteiger partial charge in [0.1, 0.15) is 0 Å². The zero-order chi connectivity index (χ0) is 16.9. The lowest BCUT2D eigenvalue weighted by molar-refractivity contribution is -0.117. The largest absolute Gasteiger partial charge is 0.312 e. The molecule has 2 aromatic rings. The first kappa shape index (κ1) is 15.9. The Morgan fingerprint density at radius 3 is 2.38 bits per heavy atom. The molecular formula is C19H19N3O2. The molecule has 0 unspecified atom stereocenters. The van der Waals surface area contributed by atoms with Crippen molar-refractivity contribution in [3.05, 3.63) is 65.7 Å². The third-order valence-electron chi connectivity index (χ3n) is 4.03. The minimum absolute atomic E-state index is 0.135. The van der Waals surface area contributed by atoms with Gasteiger partial charge in [-0.05, 0) is 43.2 Å². The lowest BCUT2D eigenvalue weighted by Crippen LogP contribution is -2.24. The number of hydrogen-bond donors (Lipinski definition) is 1. The summed E-state index contributed by atoms with van der Waals surface area (Å²) >= 11 is 0. The SMILES string of the molecule is C/C(=N/NC(=O)c1ccc(N2CCCC2=O)cc1)c1ccccc1. The van der Waals surface area contributed by atoms with Gasteiger partial charge < -0.3 is 4.90 Å². The summed E-state index contributed by atoms with van der Waals surface area (Å²) in [6.45, 7) is 2.59. The van der Waals surface area contributed by atoms with E-state index in [2.05, 4.69) is 10.5 Å². The second kappa shape index (κ2) is 7.08. The van der Waals surface area contributed by atoms with Crippen molar-refractivity contribution in [2.75, 3.05) is 11.4 Å². The van der Waals surface area contributed by atoms with E-state index in [0.717, 1.165) is 29.9 Å². The highest BCUT2D eigenvalue weighted by Crippen LogP contribution is 2.21. The Morgan fingerprint density at radius 2 is 1.75 bits per heavy atom. The van der Waals surface area contributed by atoms with Crippen molar-refractivity contribution in [2.45, 2.75) is 19.8 Å². The second-order valence-corrected chi connectivity index (χ2v) is 5.70. The van der Waals surface area contributed by atoms with Crippen LogP contribution in [-0.4, -0.2) is 24.1 Å². The molecule has 0 atom stereocenters. The predicted octanol–water partition coefficient (Wildman–Crippen LogP) is 2.97. The Bertz CT molecular complexity index is 767. The van der Waals surface area contributed by atoms with Crippen LogP contribution in [0.2, 0.25) is 0 Å². The number of benzene rings is 2. The number of nitrogens with zero attached hydrogens (tertiary/aromatic N) is 2. The van der Waals surface area contributed by atoms with Gasteiger partial charge in [0.05, 0.1) is 5.71 Å². The van der Waals surface area contributed by atoms with Gasteiger partial charge in [-0.15, -0.1) is 0 Å². The summed E-state index contributed by atoms with van der Waals surface area (Å²) in [5.41, 5.74) is 5.60. The molecule has 24 heavy (non-hydrogen) atoms. The van der Waals surface area contributed by atoms with Gasteiger partial charge in [0, 0.05) is 24.2 Å². The van der Waals surface area contributed by atoms with Crippen molar-refractivity contribution >= 4 is 23.2 Å². The van der Waals surface area contributed by atoms with Gasteiger partial charge in [0.2, 0.25) is 5.91 Å². The van der Waals surface area contributed by atoms with Crippen molar-refractivity contribution in [3.63, 3.8) is 0 Å². The maximum Gasteiger partial charge on any atom is 0.271 e. The van der Waals surface area contributed by atoms with Crippen LogP contribution in [0.15, 0.2) is 59.7 Å². The van der Waals surface area contributed by atoms with Crippen LogP contribution in [0.3, 0.4) is 0 Å². The van der Waals surface area contributed by atoms with Crippen LogP contribution in [0.4, 0.5) is 5.69 Å². The summed E-state index contributed by atoms with van der Waals surface area (Å²) in [7, 11) is 0. The van der Waals surface area contributed by atoms with E-state index in [-0.39, 0.29) is 11.8 Å². The van der Waals surface area contributed by atoms with Crippen LogP contribution < -0.4 is 10.3 Å². The van der Waals surface area contributed by atoms with E-state index in [1.165, 1.54) is 0 Å². The maximum atomic E-state index is 12.2. The lowest BCUT2D eigenvalue weighted by Gasteiger charge is -2.15. The standard InChI is InChI=1S/C19H19N3O2/c1-14(15-6-3-2-4-7-15)20-21-19(24)16-9-11-17(12-10-16)22-13-5-8-18(22)23/h2-4,6-7,9-12H,5,8,13H2,1H3,(H,21,24)/b20-14-. The van der Waals surface area contributed by atoms with Gasteiger partial charge >= 0.3 is 0 Å². The van der Waals surface area contributed by atoms with Crippen LogP contribution in [0.25, 0.3) is 0 Å². The number of nitrogens with one attached hydrogen (secondary N) is 1. The Balaban J connectivity index is 1.66. The molecule has 2 aromatic carbocycles. The van der Waals surface area contributed by atoms with Crippen LogP contribution in [0, 0.1) is 0 Å². The highest BCUT2D eigenvalue weighted by Gasteiger charge is 2.21. The van der Waals surface area contributed by atoms with E-state index in [0.29, 0.717) is 12.0 Å². The molecule has 2 amide bonds. The molecule has 1 N–H and O–H groups in total. The Morgan fingerprint density at radius 1 is 1.04 bits per heavy atom. The van der Waals surface area contributed by atoms with Gasteiger partial charge in [-0.2, -0.15) is 5.10 Å². The van der Waals surface area contributed by atoms with Crippen molar-refractivity contribution in [2.24, 2.45) is 5.10 Å². The Kier molecular flexibility index (Phi) is 4.70. The lowest BCUT2D eigenvalue weighted by atomic mass is 10.1. The summed E-state index contributed by atoms with van der Waals surface area (Å²) < 4.78 is 0. The zero-order valence-corrected chi connectivity index (χ0v) is 13.5. The first-order valence-electron chi connectivity index (χ1n) is 7.95. The molecule has 1 aliphatic rings. The number of hydrogen-bond acceptors (Lipinski definition) is 3. The number of carbonyl (C=O) groups excluding carboxylic acids is 2. The van der Waals surface area contributed by atoms with Crippen LogP contribution in [0.1, 0.15) is 35.7 Å². The van der Waals surface area contributed by atoms with Crippen molar-refractivity contribution in [1.29, 1.82) is 0 Å². The molecule has 0 bridgehead atoms. The molecule has 3 rings (SSSR count). The summed E-state index contributed by atoms with van der Waals surface area (Å²) in [5.74, 6) is -0.139. The first-order chi connectivity index (χ1) is 11.6. The first-order valence-corrected chi connectivity index (χ1v) is 7.95. The van der Waals surface area contributed by atoms with E-state index in [1.807, 2.05) is 37.3 Å². The molecule has 0 spiro atoms. The summed E-state index contributed by atoms with van der Waals surface area (Å²) in [4.78, 5) is 25.7. The van der Waals surface area contributed by atoms with E-state index < -0.39 is 0 Å². The molecule has 1 heterocycles. The minimum Gasteiger partial charge on any atom is -0.312 e. The summed E-state index contributed by atoms with van der Waals surface area (Å²) in [6, 6.07) is 16.7. The smallest absolute Gasteiger partial charge is 0.271 e. The molecular weight excluding hydrogens is 302 g/mol. The Labute approximate surface area is 141 Å². The highest BCUT2D eigenvalue weighted by atomic mass is 16.2. The number of amides is 2. The molecule has 0 saturated carbocycles. The Hall–Kier alpha value is -2.95. The van der Waals surface area contributed by atoms with Gasteiger partial charge in [0.15, 0.2) is 0 Å². The van der Waals surface area contributed by atoms with E-state index in [4.69, 9.17) is 0 Å². The minimum atomic E-state index is -0.274. The number of hydrazone groups is 1. The van der Waals surface area contributed by atoms with E-state index in [1.54, 1.807) is 29.2 Å². The van der Waals surface area contributed by atoms with Crippen molar-refractivity contribution < 1.29 is 9.59 Å². The maximum absolute atomic E-state index is 12.2. The monoisotopic (exact) mass is 321 g/mol. The molecule has 1 fully saturated rings. The fourth-order valence-corrected chi connectivity index (χ4v) is 2.66. The van der Waals surface area contributed by atoms with Gasteiger partial charge in [0.25, 0.3) is 5.91 Å². The van der Waals surface area contributed by atoms with E-state index in [9.17, 15) is 9.59 Å². The number of rotatable bonds is 4. The average Bonchev–Trinajstić information content (AvgIpc) is 3.06. The molecule has 5 nitrogen and oxygen atoms in total. The van der Waals surface area contributed by atoms with Crippen molar-refractivity contribution in [3.8, 4) is 0 Å². The molecule has 1 aliphatic heterocycles. The van der Waals surface area contributed by atoms with Crippen LogP contribution in [-0.2, 0) is 4.79 Å². The predicted molar refractivity (Wildman–Crippen MR) is 94.1 cm³/mol. The molecule has 0 radical (unpaired) electrons. The number of anilines is 1. The van der Waals surface area contributed by atoms with Crippen LogP contribution >= 0.6 is 0 Å². The quantitative estimate of drug-likeness (QED) is 0.695. The molecule has 0 aromatic heterocycles. The second-order valence-electron chi connectivity index (χ2n) is 5.70. The van der Waals surface area contributed by atoms with Crippen LogP contribution in [0.5, 0.6) is 0 Å². The topological polar surface area (TPSA) is 61.8 Å². The molecule has 0 aliphatic carbocycles. The fraction of sp³-hybridized carbons (Fsp3) is 0.211. The number of carbonyl (C=O) groups is 2. The van der Waals surface area contributed by atoms with Gasteiger partial charge in [-0.25, -0.2) is 5.43 Å². The van der Waals surface area contributed by atoms with Crippen molar-refractivity contribution in [1.82, 2.24) is 5.43 Å². The molecule has 5 heteroatoms. The van der Waals surface area contributed by atoms with E-state index >= 15 is 0 Å². The molecule has 122 valence electrons. The molecule has 1 saturated heterocycles. The summed E-state index contributed by atoms with van der Waals surface area (Å²) in [6.07, 6.45) is 1.48. The third-order valence-corrected chi connectivity index (χ3v) is 4.03. The third kappa shape index (κ3) is 3.51.